The molecule has 0 spiro atoms. The van der Waals surface area contributed by atoms with Gasteiger partial charge in [-0.25, -0.2) is 4.98 Å². The maximum Gasteiger partial charge on any atom is 0.222 e. The summed E-state index contributed by atoms with van der Waals surface area (Å²) in [4.78, 5) is 15.2. The van der Waals surface area contributed by atoms with Crippen LogP contribution in [0.25, 0.3) is 0 Å². The zero-order valence-electron chi connectivity index (χ0n) is 7.15. The highest BCUT2D eigenvalue weighted by atomic mass is 32.2. The third-order valence-corrected chi connectivity index (χ3v) is 2.18. The molecule has 0 N–H and O–H groups in total. The van der Waals surface area contributed by atoms with E-state index >= 15 is 0 Å². The third kappa shape index (κ3) is 2.30. The van der Waals surface area contributed by atoms with Crippen LogP contribution in [-0.2, 0) is 0 Å². The molecule has 13 heavy (non-hydrogen) atoms. The number of pyridine rings is 1. The molecule has 0 atom stereocenters. The largest absolute Gasteiger partial charge is 0.281 e. The molecule has 0 bridgehead atoms. The summed E-state index contributed by atoms with van der Waals surface area (Å²) >= 11 is 1.18. The minimum Gasteiger partial charge on any atom is -0.281 e. The Morgan fingerprint density at radius 1 is 1.77 bits per heavy atom. The van der Waals surface area contributed by atoms with E-state index in [1.54, 1.807) is 12.1 Å². The molecule has 0 fully saturated rings. The van der Waals surface area contributed by atoms with Gasteiger partial charge in [0.2, 0.25) is 5.12 Å². The fourth-order valence-corrected chi connectivity index (χ4v) is 1.45. The fraction of sp³-hybridized carbons (Fsp3) is 0.222. The number of nitriles is 1. The molecule has 0 aromatic carbocycles. The average molecular weight is 192 g/mol. The Morgan fingerprint density at radius 2 is 2.54 bits per heavy atom. The van der Waals surface area contributed by atoms with E-state index in [1.807, 2.05) is 13.0 Å². The molecule has 3 nitrogen and oxygen atoms in total. The minimum atomic E-state index is -0.0906. The van der Waals surface area contributed by atoms with Crippen LogP contribution < -0.4 is 0 Å². The topological polar surface area (TPSA) is 53.8 Å². The Kier molecular flexibility index (Phi) is 3.47. The number of carbonyl (C=O) groups excluding carboxylic acids is 1. The second kappa shape index (κ2) is 4.63. The van der Waals surface area contributed by atoms with Crippen molar-refractivity contribution in [3.8, 4) is 6.07 Å². The van der Waals surface area contributed by atoms with Gasteiger partial charge in [0.25, 0.3) is 0 Å². The second-order valence-corrected chi connectivity index (χ2v) is 3.47. The number of rotatable bonds is 2. The monoisotopic (exact) mass is 192 g/mol. The summed E-state index contributed by atoms with van der Waals surface area (Å²) in [7, 11) is 0. The van der Waals surface area contributed by atoms with Crippen LogP contribution in [0.2, 0.25) is 0 Å². The molecule has 0 saturated heterocycles. The van der Waals surface area contributed by atoms with Crippen LogP contribution in [0.15, 0.2) is 18.3 Å². The zero-order chi connectivity index (χ0) is 9.68. The Labute approximate surface area is 80.8 Å². The van der Waals surface area contributed by atoms with Crippen LogP contribution in [0.5, 0.6) is 0 Å². The third-order valence-electron chi connectivity index (χ3n) is 1.41. The molecule has 1 rings (SSSR count). The van der Waals surface area contributed by atoms with Gasteiger partial charge in [0, 0.05) is 6.20 Å². The van der Waals surface area contributed by atoms with Gasteiger partial charge >= 0.3 is 0 Å². The smallest absolute Gasteiger partial charge is 0.222 e. The molecule has 1 heterocycles. The average Bonchev–Trinajstić information content (AvgIpc) is 2.18. The first-order chi connectivity index (χ1) is 6.29. The predicted molar refractivity (Wildman–Crippen MR) is 51.4 cm³/mol. The number of thioether (sulfide) groups is 1. The highest BCUT2D eigenvalue weighted by Gasteiger charge is 2.10. The molecule has 1 aromatic rings. The minimum absolute atomic E-state index is 0.0906. The molecule has 0 amide bonds. The Hall–Kier alpha value is -1.34. The molecule has 66 valence electrons. The van der Waals surface area contributed by atoms with Crippen molar-refractivity contribution in [2.75, 3.05) is 5.75 Å². The highest BCUT2D eigenvalue weighted by Crippen LogP contribution is 2.13. The van der Waals surface area contributed by atoms with E-state index in [0.29, 0.717) is 11.3 Å². The molecule has 1 aromatic heterocycles. The van der Waals surface area contributed by atoms with E-state index in [0.717, 1.165) is 0 Å². The fourth-order valence-electron chi connectivity index (χ4n) is 0.868. The number of hydrogen-bond acceptors (Lipinski definition) is 4. The lowest BCUT2D eigenvalue weighted by Gasteiger charge is -1.98. The van der Waals surface area contributed by atoms with Crippen molar-refractivity contribution in [1.29, 1.82) is 5.26 Å². The maximum atomic E-state index is 11.4. The summed E-state index contributed by atoms with van der Waals surface area (Å²) in [5.74, 6) is 0.707. The molecule has 0 aliphatic rings. The molecular formula is C9H8N2OS. The van der Waals surface area contributed by atoms with Crippen LogP contribution in [0, 0.1) is 11.3 Å². The number of nitrogens with zero attached hydrogens (tertiary/aromatic N) is 2. The summed E-state index contributed by atoms with van der Waals surface area (Å²) in [5.41, 5.74) is 0.602. The normalized spacial score (nSPS) is 9.23. The SMILES string of the molecule is CCSC(=O)c1cccnc1C#N. The molecular weight excluding hydrogens is 184 g/mol. The van der Waals surface area contributed by atoms with Crippen LogP contribution in [-0.4, -0.2) is 15.9 Å². The van der Waals surface area contributed by atoms with E-state index < -0.39 is 0 Å². The Balaban J connectivity index is 3.01. The first kappa shape index (κ1) is 9.75. The molecule has 0 saturated carbocycles. The van der Waals surface area contributed by atoms with Crippen molar-refractivity contribution in [2.24, 2.45) is 0 Å². The zero-order valence-corrected chi connectivity index (χ0v) is 7.97. The van der Waals surface area contributed by atoms with Gasteiger partial charge in [-0.1, -0.05) is 18.7 Å². The van der Waals surface area contributed by atoms with E-state index in [2.05, 4.69) is 4.98 Å². The quantitative estimate of drug-likeness (QED) is 0.717. The van der Waals surface area contributed by atoms with Crippen molar-refractivity contribution < 1.29 is 4.79 Å². The molecule has 0 aliphatic heterocycles. The molecule has 0 unspecified atom stereocenters. The number of hydrogen-bond donors (Lipinski definition) is 0. The van der Waals surface area contributed by atoms with Crippen LogP contribution in [0.3, 0.4) is 0 Å². The van der Waals surface area contributed by atoms with E-state index in [-0.39, 0.29) is 10.8 Å². The molecule has 0 aliphatic carbocycles. The van der Waals surface area contributed by atoms with Gasteiger partial charge in [-0.3, -0.25) is 4.79 Å². The lowest BCUT2D eigenvalue weighted by atomic mass is 10.2. The molecule has 4 heteroatoms. The van der Waals surface area contributed by atoms with Crippen molar-refractivity contribution >= 4 is 16.9 Å². The van der Waals surface area contributed by atoms with Crippen molar-refractivity contribution in [1.82, 2.24) is 4.98 Å². The summed E-state index contributed by atoms with van der Waals surface area (Å²) < 4.78 is 0. The van der Waals surface area contributed by atoms with Gasteiger partial charge < -0.3 is 0 Å². The lowest BCUT2D eigenvalue weighted by molar-refractivity contribution is 0.108. The van der Waals surface area contributed by atoms with E-state index in [1.165, 1.54) is 18.0 Å². The van der Waals surface area contributed by atoms with Crippen molar-refractivity contribution in [3.05, 3.63) is 29.6 Å². The predicted octanol–water partition coefficient (Wildman–Crippen LogP) is 1.85. The van der Waals surface area contributed by atoms with Crippen LogP contribution in [0.4, 0.5) is 0 Å². The number of carbonyl (C=O) groups is 1. The standard InChI is InChI=1S/C9H8N2OS/c1-2-13-9(12)7-4-3-5-11-8(7)6-10/h3-5H,2H2,1H3. The van der Waals surface area contributed by atoms with Gasteiger partial charge in [0.05, 0.1) is 5.56 Å². The van der Waals surface area contributed by atoms with Gasteiger partial charge in [-0.15, -0.1) is 0 Å². The highest BCUT2D eigenvalue weighted by molar-refractivity contribution is 8.14. The van der Waals surface area contributed by atoms with Gasteiger partial charge in [-0.2, -0.15) is 5.26 Å². The number of aromatic nitrogens is 1. The second-order valence-electron chi connectivity index (χ2n) is 2.23. The Bertz CT molecular complexity index is 357. The van der Waals surface area contributed by atoms with Gasteiger partial charge in [0.1, 0.15) is 6.07 Å². The van der Waals surface area contributed by atoms with Gasteiger partial charge in [0.15, 0.2) is 5.69 Å². The van der Waals surface area contributed by atoms with Crippen LogP contribution >= 0.6 is 11.8 Å². The van der Waals surface area contributed by atoms with Crippen molar-refractivity contribution in [2.45, 2.75) is 6.92 Å². The first-order valence-electron chi connectivity index (χ1n) is 3.81. The first-order valence-corrected chi connectivity index (χ1v) is 4.80. The van der Waals surface area contributed by atoms with E-state index in [9.17, 15) is 4.79 Å². The molecule has 0 radical (unpaired) electrons. The lowest BCUT2D eigenvalue weighted by Crippen LogP contribution is -1.99. The summed E-state index contributed by atoms with van der Waals surface area (Å²) in [6, 6.07) is 5.17. The maximum absolute atomic E-state index is 11.4. The van der Waals surface area contributed by atoms with Gasteiger partial charge in [-0.05, 0) is 17.9 Å². The Morgan fingerprint density at radius 3 is 3.15 bits per heavy atom. The van der Waals surface area contributed by atoms with Crippen molar-refractivity contribution in [3.63, 3.8) is 0 Å². The summed E-state index contributed by atoms with van der Waals surface area (Å²) in [6.45, 7) is 1.89. The van der Waals surface area contributed by atoms with Crippen LogP contribution in [0.1, 0.15) is 23.0 Å². The summed E-state index contributed by atoms with van der Waals surface area (Å²) in [5, 5.41) is 8.57. The van der Waals surface area contributed by atoms with E-state index in [4.69, 9.17) is 5.26 Å². The summed E-state index contributed by atoms with van der Waals surface area (Å²) in [6.07, 6.45) is 1.51.